The van der Waals surface area contributed by atoms with Crippen molar-refractivity contribution in [3.05, 3.63) is 59.4 Å². The van der Waals surface area contributed by atoms with Gasteiger partial charge in [0, 0.05) is 18.2 Å². The average Bonchev–Trinajstić information content (AvgIpc) is 2.46. The van der Waals surface area contributed by atoms with Gasteiger partial charge in [0.15, 0.2) is 0 Å². The van der Waals surface area contributed by atoms with E-state index in [9.17, 15) is 4.39 Å². The van der Waals surface area contributed by atoms with E-state index in [1.165, 1.54) is 5.56 Å². The number of nitrogens with one attached hydrogen (secondary N) is 1. The molecule has 0 bridgehead atoms. The Hall–Kier alpha value is -1.67. The second-order valence-electron chi connectivity index (χ2n) is 5.39. The lowest BCUT2D eigenvalue weighted by Gasteiger charge is -2.10. The fraction of sp³-hybridized carbons (Fsp3) is 0.333. The summed E-state index contributed by atoms with van der Waals surface area (Å²) in [4.78, 5) is 0. The minimum atomic E-state index is -0.143. The minimum Gasteiger partial charge on any atom is -0.310 e. The molecule has 2 aromatic rings. The average molecular weight is 271 g/mol. The van der Waals surface area contributed by atoms with Crippen LogP contribution >= 0.6 is 0 Å². The molecule has 0 aliphatic carbocycles. The Bertz CT molecular complexity index is 558. The van der Waals surface area contributed by atoms with Crippen LogP contribution in [0.25, 0.3) is 11.1 Å². The van der Waals surface area contributed by atoms with E-state index in [0.29, 0.717) is 18.2 Å². The Labute approximate surface area is 120 Å². The van der Waals surface area contributed by atoms with Gasteiger partial charge in [0.25, 0.3) is 0 Å². The predicted octanol–water partition coefficient (Wildman–Crippen LogP) is 4.55. The topological polar surface area (TPSA) is 12.0 Å². The maximum atomic E-state index is 14.1. The van der Waals surface area contributed by atoms with Crippen molar-refractivity contribution in [2.24, 2.45) is 0 Å². The number of hydrogen-bond donors (Lipinski definition) is 1. The quantitative estimate of drug-likeness (QED) is 0.841. The smallest absolute Gasteiger partial charge is 0.128 e. The third-order valence-corrected chi connectivity index (χ3v) is 3.45. The molecule has 1 N–H and O–H groups in total. The molecule has 0 atom stereocenters. The number of halogens is 1. The van der Waals surface area contributed by atoms with Gasteiger partial charge in [-0.25, -0.2) is 4.39 Å². The summed E-state index contributed by atoms with van der Waals surface area (Å²) in [5.74, 6) is -0.143. The van der Waals surface area contributed by atoms with Crippen LogP contribution in [-0.2, 0) is 13.0 Å². The molecular formula is C18H22FN. The predicted molar refractivity (Wildman–Crippen MR) is 83.2 cm³/mol. The Balaban J connectivity index is 2.19. The summed E-state index contributed by atoms with van der Waals surface area (Å²) in [7, 11) is 0. The molecule has 0 aliphatic heterocycles. The maximum Gasteiger partial charge on any atom is 0.128 e. The van der Waals surface area contributed by atoms with Crippen LogP contribution in [0.4, 0.5) is 4.39 Å². The van der Waals surface area contributed by atoms with Crippen molar-refractivity contribution in [1.29, 1.82) is 0 Å². The molecule has 0 amide bonds. The molecule has 0 saturated carbocycles. The van der Waals surface area contributed by atoms with E-state index < -0.39 is 0 Å². The molecule has 2 aromatic carbocycles. The molecule has 0 saturated heterocycles. The Morgan fingerprint density at radius 2 is 1.65 bits per heavy atom. The summed E-state index contributed by atoms with van der Waals surface area (Å²) in [6.45, 7) is 6.81. The molecular weight excluding hydrogens is 249 g/mol. The van der Waals surface area contributed by atoms with Gasteiger partial charge in [0.05, 0.1) is 0 Å². The summed E-state index contributed by atoms with van der Waals surface area (Å²) in [6, 6.07) is 14.1. The van der Waals surface area contributed by atoms with Crippen LogP contribution < -0.4 is 5.32 Å². The zero-order chi connectivity index (χ0) is 14.5. The first kappa shape index (κ1) is 14.7. The first-order valence-corrected chi connectivity index (χ1v) is 7.21. The maximum absolute atomic E-state index is 14.1. The summed E-state index contributed by atoms with van der Waals surface area (Å²) < 4.78 is 14.1. The summed E-state index contributed by atoms with van der Waals surface area (Å²) >= 11 is 0. The first-order chi connectivity index (χ1) is 9.60. The van der Waals surface area contributed by atoms with Crippen molar-refractivity contribution in [3.8, 4) is 11.1 Å². The van der Waals surface area contributed by atoms with Crippen LogP contribution in [0, 0.1) is 5.82 Å². The van der Waals surface area contributed by atoms with E-state index in [1.54, 1.807) is 6.07 Å². The number of benzene rings is 2. The Morgan fingerprint density at radius 3 is 2.20 bits per heavy atom. The molecule has 1 nitrogen and oxygen atoms in total. The van der Waals surface area contributed by atoms with Crippen LogP contribution in [0.3, 0.4) is 0 Å². The van der Waals surface area contributed by atoms with Gasteiger partial charge in [-0.1, -0.05) is 57.2 Å². The van der Waals surface area contributed by atoms with Crippen LogP contribution in [0.5, 0.6) is 0 Å². The van der Waals surface area contributed by atoms with Crippen molar-refractivity contribution >= 4 is 0 Å². The highest BCUT2D eigenvalue weighted by atomic mass is 19.1. The fourth-order valence-corrected chi connectivity index (χ4v) is 2.12. The SMILES string of the molecule is CCc1ccc(-c2ccc(CNC(C)C)c(F)c2)cc1. The lowest BCUT2D eigenvalue weighted by atomic mass is 10.0. The van der Waals surface area contributed by atoms with E-state index in [1.807, 2.05) is 12.1 Å². The summed E-state index contributed by atoms with van der Waals surface area (Å²) in [5, 5.41) is 3.24. The number of aryl methyl sites for hydroxylation is 1. The zero-order valence-electron chi connectivity index (χ0n) is 12.4. The fourth-order valence-electron chi connectivity index (χ4n) is 2.12. The van der Waals surface area contributed by atoms with Crippen molar-refractivity contribution in [3.63, 3.8) is 0 Å². The van der Waals surface area contributed by atoms with E-state index in [2.05, 4.69) is 50.4 Å². The van der Waals surface area contributed by atoms with Gasteiger partial charge in [0.1, 0.15) is 5.82 Å². The highest BCUT2D eigenvalue weighted by Crippen LogP contribution is 2.22. The molecule has 0 aliphatic rings. The molecule has 0 radical (unpaired) electrons. The summed E-state index contributed by atoms with van der Waals surface area (Å²) in [6.07, 6.45) is 1.02. The second kappa shape index (κ2) is 6.67. The highest BCUT2D eigenvalue weighted by Gasteiger charge is 2.06. The van der Waals surface area contributed by atoms with Gasteiger partial charge in [-0.2, -0.15) is 0 Å². The van der Waals surface area contributed by atoms with Crippen molar-refractivity contribution in [1.82, 2.24) is 5.32 Å². The lowest BCUT2D eigenvalue weighted by Crippen LogP contribution is -2.22. The zero-order valence-corrected chi connectivity index (χ0v) is 12.4. The number of hydrogen-bond acceptors (Lipinski definition) is 1. The molecule has 2 heteroatoms. The lowest BCUT2D eigenvalue weighted by molar-refractivity contribution is 0.553. The monoisotopic (exact) mass is 271 g/mol. The molecule has 0 aromatic heterocycles. The van der Waals surface area contributed by atoms with E-state index in [-0.39, 0.29) is 5.82 Å². The largest absolute Gasteiger partial charge is 0.310 e. The first-order valence-electron chi connectivity index (χ1n) is 7.21. The Kier molecular flexibility index (Phi) is 4.91. The molecule has 0 unspecified atom stereocenters. The van der Waals surface area contributed by atoms with Gasteiger partial charge in [-0.3, -0.25) is 0 Å². The standard InChI is InChI=1S/C18H22FN/c1-4-14-5-7-15(8-6-14)16-9-10-17(18(19)11-16)12-20-13(2)3/h5-11,13,20H,4,12H2,1-3H3. The van der Waals surface area contributed by atoms with Gasteiger partial charge < -0.3 is 5.32 Å². The van der Waals surface area contributed by atoms with Crippen molar-refractivity contribution < 1.29 is 4.39 Å². The van der Waals surface area contributed by atoms with Gasteiger partial charge in [0.2, 0.25) is 0 Å². The van der Waals surface area contributed by atoms with Gasteiger partial charge in [-0.05, 0) is 29.2 Å². The molecule has 2 rings (SSSR count). The van der Waals surface area contributed by atoms with Gasteiger partial charge in [-0.15, -0.1) is 0 Å². The second-order valence-corrected chi connectivity index (χ2v) is 5.39. The van der Waals surface area contributed by atoms with E-state index >= 15 is 0 Å². The molecule has 0 heterocycles. The van der Waals surface area contributed by atoms with Crippen LogP contribution in [0.15, 0.2) is 42.5 Å². The third kappa shape index (κ3) is 3.67. The molecule has 0 fully saturated rings. The van der Waals surface area contributed by atoms with E-state index in [0.717, 1.165) is 17.5 Å². The minimum absolute atomic E-state index is 0.143. The molecule has 106 valence electrons. The van der Waals surface area contributed by atoms with Crippen LogP contribution in [0.2, 0.25) is 0 Å². The highest BCUT2D eigenvalue weighted by molar-refractivity contribution is 5.64. The van der Waals surface area contributed by atoms with Crippen LogP contribution in [-0.4, -0.2) is 6.04 Å². The van der Waals surface area contributed by atoms with Crippen molar-refractivity contribution in [2.75, 3.05) is 0 Å². The molecule has 20 heavy (non-hydrogen) atoms. The molecule has 0 spiro atoms. The third-order valence-electron chi connectivity index (χ3n) is 3.45. The van der Waals surface area contributed by atoms with Crippen LogP contribution in [0.1, 0.15) is 31.9 Å². The normalized spacial score (nSPS) is 11.1. The van der Waals surface area contributed by atoms with Gasteiger partial charge >= 0.3 is 0 Å². The Morgan fingerprint density at radius 1 is 1.00 bits per heavy atom. The summed E-state index contributed by atoms with van der Waals surface area (Å²) in [5.41, 5.74) is 4.00. The van der Waals surface area contributed by atoms with E-state index in [4.69, 9.17) is 0 Å². The number of rotatable bonds is 5. The van der Waals surface area contributed by atoms with Crippen molar-refractivity contribution in [2.45, 2.75) is 39.8 Å².